The monoisotopic (exact) mass is 365 g/mol. The first-order chi connectivity index (χ1) is 11.8. The van der Waals surface area contributed by atoms with Crippen molar-refractivity contribution in [2.45, 2.75) is 20.4 Å². The van der Waals surface area contributed by atoms with Crippen LogP contribution in [0.3, 0.4) is 0 Å². The highest BCUT2D eigenvalue weighted by atomic mass is 35.5. The van der Waals surface area contributed by atoms with Crippen LogP contribution in [0.15, 0.2) is 24.5 Å². The van der Waals surface area contributed by atoms with Crippen molar-refractivity contribution in [1.29, 1.82) is 0 Å². The lowest BCUT2D eigenvalue weighted by molar-refractivity contribution is -0.141. The Hall–Kier alpha value is -2.61. The molecule has 1 unspecified atom stereocenters. The van der Waals surface area contributed by atoms with Gasteiger partial charge >= 0.3 is 12.0 Å². The number of pyridine rings is 1. The molecule has 0 bridgehead atoms. The van der Waals surface area contributed by atoms with E-state index >= 15 is 0 Å². The molecule has 134 valence electrons. The minimum absolute atomic E-state index is 0.120. The second-order valence-corrected chi connectivity index (χ2v) is 6.25. The molecule has 0 spiro atoms. The molecule has 1 atom stereocenters. The van der Waals surface area contributed by atoms with Gasteiger partial charge in [-0.2, -0.15) is 5.10 Å². The van der Waals surface area contributed by atoms with Crippen LogP contribution in [-0.4, -0.2) is 50.4 Å². The van der Waals surface area contributed by atoms with Gasteiger partial charge in [0.05, 0.1) is 23.3 Å². The molecule has 0 aliphatic rings. The standard InChI is InChI=1S/C16H20ClN5O3/c1-10(15(23)24)8-21(3)16(25)18-6-12-5-4-11(2)20-14(12)22-9-13(17)7-19-22/h4-5,7,9-10H,6,8H2,1-3H3,(H,18,25)(H,23,24). The summed E-state index contributed by atoms with van der Waals surface area (Å²) in [4.78, 5) is 28.8. The Bertz CT molecular complexity index is 777. The molecule has 2 amide bonds. The van der Waals surface area contributed by atoms with Crippen LogP contribution in [0.4, 0.5) is 4.79 Å². The van der Waals surface area contributed by atoms with Crippen molar-refractivity contribution >= 4 is 23.6 Å². The van der Waals surface area contributed by atoms with Crippen LogP contribution >= 0.6 is 11.6 Å². The summed E-state index contributed by atoms with van der Waals surface area (Å²) >= 11 is 5.91. The van der Waals surface area contributed by atoms with Crippen molar-refractivity contribution in [3.05, 3.63) is 40.8 Å². The molecule has 25 heavy (non-hydrogen) atoms. The highest BCUT2D eigenvalue weighted by Gasteiger charge is 2.18. The molecule has 0 fully saturated rings. The molecule has 2 N–H and O–H groups in total. The number of carbonyl (C=O) groups excluding carboxylic acids is 1. The number of carboxylic acids is 1. The number of halogens is 1. The van der Waals surface area contributed by atoms with Crippen molar-refractivity contribution in [2.75, 3.05) is 13.6 Å². The summed E-state index contributed by atoms with van der Waals surface area (Å²) in [6, 6.07) is 3.33. The number of rotatable bonds is 6. The fraction of sp³-hybridized carbons (Fsp3) is 0.375. The van der Waals surface area contributed by atoms with Crippen LogP contribution in [0.2, 0.25) is 5.02 Å². The zero-order chi connectivity index (χ0) is 18.6. The number of aryl methyl sites for hydroxylation is 1. The van der Waals surface area contributed by atoms with Crippen LogP contribution in [0, 0.1) is 12.8 Å². The zero-order valence-corrected chi connectivity index (χ0v) is 15.0. The summed E-state index contributed by atoms with van der Waals surface area (Å²) in [5.74, 6) is -1.01. The second-order valence-electron chi connectivity index (χ2n) is 5.82. The number of hydrogen-bond acceptors (Lipinski definition) is 4. The fourth-order valence-corrected chi connectivity index (χ4v) is 2.34. The van der Waals surface area contributed by atoms with Crippen LogP contribution in [0.1, 0.15) is 18.2 Å². The molecule has 0 aromatic carbocycles. The van der Waals surface area contributed by atoms with Crippen molar-refractivity contribution in [3.63, 3.8) is 0 Å². The molecule has 8 nitrogen and oxygen atoms in total. The summed E-state index contributed by atoms with van der Waals surface area (Å²) in [5, 5.41) is 16.3. The Balaban J connectivity index is 2.08. The highest BCUT2D eigenvalue weighted by Crippen LogP contribution is 2.15. The van der Waals surface area contributed by atoms with Crippen molar-refractivity contribution in [3.8, 4) is 5.82 Å². The Morgan fingerprint density at radius 1 is 1.44 bits per heavy atom. The topological polar surface area (TPSA) is 100 Å². The summed E-state index contributed by atoms with van der Waals surface area (Å²) in [5.41, 5.74) is 1.57. The lowest BCUT2D eigenvalue weighted by Crippen LogP contribution is -2.40. The lowest BCUT2D eigenvalue weighted by Gasteiger charge is -2.20. The van der Waals surface area contributed by atoms with Gasteiger partial charge in [-0.1, -0.05) is 24.6 Å². The predicted molar refractivity (Wildman–Crippen MR) is 92.8 cm³/mol. The average Bonchev–Trinajstić information content (AvgIpc) is 2.99. The van der Waals surface area contributed by atoms with Crippen molar-refractivity contribution in [2.24, 2.45) is 5.92 Å². The molecule has 0 saturated carbocycles. The predicted octanol–water partition coefficient (Wildman–Crippen LogP) is 2.09. The van der Waals surface area contributed by atoms with Gasteiger partial charge in [-0.15, -0.1) is 0 Å². The number of carboxylic acid groups (broad SMARTS) is 1. The smallest absolute Gasteiger partial charge is 0.317 e. The third-order valence-electron chi connectivity index (χ3n) is 3.61. The number of urea groups is 1. The van der Waals surface area contributed by atoms with Gasteiger partial charge in [-0.05, 0) is 13.0 Å². The minimum Gasteiger partial charge on any atom is -0.481 e. The number of nitrogens with one attached hydrogen (secondary N) is 1. The van der Waals surface area contributed by atoms with Crippen molar-refractivity contribution < 1.29 is 14.7 Å². The van der Waals surface area contributed by atoms with E-state index in [0.717, 1.165) is 11.3 Å². The van der Waals surface area contributed by atoms with Gasteiger partial charge < -0.3 is 15.3 Å². The number of aromatic nitrogens is 3. The molecule has 2 rings (SSSR count). The fourth-order valence-electron chi connectivity index (χ4n) is 2.20. The van der Waals surface area contributed by atoms with Gasteiger partial charge in [0.1, 0.15) is 0 Å². The Morgan fingerprint density at radius 3 is 2.76 bits per heavy atom. The van der Waals surface area contributed by atoms with E-state index in [2.05, 4.69) is 15.4 Å². The third kappa shape index (κ3) is 4.93. The first kappa shape index (κ1) is 18.7. The van der Waals surface area contributed by atoms with E-state index in [-0.39, 0.29) is 19.1 Å². The summed E-state index contributed by atoms with van der Waals surface area (Å²) < 4.78 is 1.55. The van der Waals surface area contributed by atoms with E-state index in [9.17, 15) is 9.59 Å². The highest BCUT2D eigenvalue weighted by molar-refractivity contribution is 6.30. The van der Waals surface area contributed by atoms with Gasteiger partial charge in [0.2, 0.25) is 0 Å². The van der Waals surface area contributed by atoms with E-state index in [0.29, 0.717) is 10.8 Å². The first-order valence-corrected chi connectivity index (χ1v) is 8.04. The van der Waals surface area contributed by atoms with E-state index < -0.39 is 11.9 Å². The van der Waals surface area contributed by atoms with Crippen molar-refractivity contribution in [1.82, 2.24) is 25.0 Å². The first-order valence-electron chi connectivity index (χ1n) is 7.66. The molecule has 2 heterocycles. The number of carbonyl (C=O) groups is 2. The average molecular weight is 366 g/mol. The van der Waals surface area contributed by atoms with E-state index in [1.165, 1.54) is 11.1 Å². The maximum Gasteiger partial charge on any atom is 0.317 e. The molecule has 0 radical (unpaired) electrons. The SMILES string of the molecule is Cc1ccc(CNC(=O)N(C)CC(C)C(=O)O)c(-n2cc(Cl)cn2)n1. The maximum atomic E-state index is 12.2. The molecule has 0 aliphatic heterocycles. The third-order valence-corrected chi connectivity index (χ3v) is 3.80. The second kappa shape index (κ2) is 7.98. The molecule has 2 aromatic rings. The molecule has 9 heteroatoms. The van der Waals surface area contributed by atoms with Crippen LogP contribution in [0.25, 0.3) is 5.82 Å². The quantitative estimate of drug-likeness (QED) is 0.816. The number of aliphatic carboxylic acids is 1. The van der Waals surface area contributed by atoms with Gasteiger partial charge in [-0.25, -0.2) is 14.5 Å². The van der Waals surface area contributed by atoms with E-state index in [4.69, 9.17) is 16.7 Å². The van der Waals surface area contributed by atoms with Crippen LogP contribution in [0.5, 0.6) is 0 Å². The Kier molecular flexibility index (Phi) is 5.97. The number of hydrogen-bond donors (Lipinski definition) is 2. The molecular formula is C16H20ClN5O3. The van der Waals surface area contributed by atoms with Gasteiger partial charge in [0.15, 0.2) is 5.82 Å². The van der Waals surface area contributed by atoms with Gasteiger partial charge in [0, 0.05) is 31.4 Å². The zero-order valence-electron chi connectivity index (χ0n) is 14.2. The van der Waals surface area contributed by atoms with Gasteiger partial charge in [-0.3, -0.25) is 4.79 Å². The molecule has 0 saturated heterocycles. The van der Waals surface area contributed by atoms with Gasteiger partial charge in [0.25, 0.3) is 0 Å². The molecule has 0 aliphatic carbocycles. The summed E-state index contributed by atoms with van der Waals surface area (Å²) in [6.45, 7) is 3.76. The lowest BCUT2D eigenvalue weighted by atomic mass is 10.2. The van der Waals surface area contributed by atoms with Crippen LogP contribution < -0.4 is 5.32 Å². The largest absolute Gasteiger partial charge is 0.481 e. The van der Waals surface area contributed by atoms with E-state index in [1.54, 1.807) is 24.9 Å². The number of amides is 2. The minimum atomic E-state index is -0.944. The molecule has 2 aromatic heterocycles. The van der Waals surface area contributed by atoms with E-state index in [1.807, 2.05) is 19.1 Å². The normalized spacial score (nSPS) is 11.8. The van der Waals surface area contributed by atoms with Crippen LogP contribution in [-0.2, 0) is 11.3 Å². The Labute approximate surface area is 150 Å². The summed E-state index contributed by atoms with van der Waals surface area (Å²) in [7, 11) is 1.55. The maximum absolute atomic E-state index is 12.2. The Morgan fingerprint density at radius 2 is 2.16 bits per heavy atom. The number of nitrogens with zero attached hydrogens (tertiary/aromatic N) is 4. The summed E-state index contributed by atoms with van der Waals surface area (Å²) in [6.07, 6.45) is 3.14. The molecular weight excluding hydrogens is 346 g/mol.